The lowest BCUT2D eigenvalue weighted by atomic mass is 10.1. The number of hydrogen-bond donors (Lipinski definition) is 0. The van der Waals surface area contributed by atoms with Crippen LogP contribution in [0.1, 0.15) is 18.9 Å². The maximum absolute atomic E-state index is 12.0. The fourth-order valence-corrected chi connectivity index (χ4v) is 2.52. The van der Waals surface area contributed by atoms with E-state index in [1.165, 1.54) is 4.90 Å². The monoisotopic (exact) mass is 311 g/mol. The summed E-state index contributed by atoms with van der Waals surface area (Å²) in [5.41, 5.74) is 0.912. The van der Waals surface area contributed by atoms with Gasteiger partial charge in [-0.25, -0.2) is 0 Å². The third-order valence-corrected chi connectivity index (χ3v) is 3.83. The lowest BCUT2D eigenvalue weighted by Gasteiger charge is -2.17. The van der Waals surface area contributed by atoms with Gasteiger partial charge in [0.2, 0.25) is 5.91 Å². The van der Waals surface area contributed by atoms with Crippen molar-refractivity contribution < 1.29 is 14.3 Å². The molecule has 20 heavy (non-hydrogen) atoms. The second-order valence-corrected chi connectivity index (χ2v) is 5.31. The number of thiocarbonyl (C=S) groups is 1. The summed E-state index contributed by atoms with van der Waals surface area (Å²) >= 11 is 11.1. The van der Waals surface area contributed by atoms with Gasteiger partial charge in [0.1, 0.15) is 5.92 Å². The third-order valence-electron chi connectivity index (χ3n) is 3.07. The van der Waals surface area contributed by atoms with Crippen LogP contribution < -0.4 is 0 Å². The Morgan fingerprint density at radius 1 is 1.45 bits per heavy atom. The highest BCUT2D eigenvalue weighted by Gasteiger charge is 2.40. The molecule has 1 heterocycles. The lowest BCUT2D eigenvalue weighted by molar-refractivity contribution is -0.146. The highest BCUT2D eigenvalue weighted by atomic mass is 35.5. The van der Waals surface area contributed by atoms with Gasteiger partial charge in [-0.1, -0.05) is 36.0 Å². The van der Waals surface area contributed by atoms with E-state index in [4.69, 9.17) is 28.6 Å². The molecule has 1 aliphatic rings. The van der Waals surface area contributed by atoms with Crippen molar-refractivity contribution in [2.24, 2.45) is 5.92 Å². The number of halogens is 1. The summed E-state index contributed by atoms with van der Waals surface area (Å²) in [4.78, 5) is 25.5. The maximum atomic E-state index is 12.0. The van der Waals surface area contributed by atoms with Crippen LogP contribution in [0.2, 0.25) is 5.02 Å². The van der Waals surface area contributed by atoms with E-state index >= 15 is 0 Å². The van der Waals surface area contributed by atoms with Gasteiger partial charge in [-0.15, -0.1) is 0 Å². The summed E-state index contributed by atoms with van der Waals surface area (Å²) in [5, 5.41) is 0.633. The Labute approximate surface area is 127 Å². The number of amides is 1. The normalized spacial score (nSPS) is 18.5. The number of ether oxygens (including phenoxy) is 1. The second kappa shape index (κ2) is 6.33. The number of hydrogen-bond acceptors (Lipinski definition) is 4. The van der Waals surface area contributed by atoms with Crippen LogP contribution in [0.3, 0.4) is 0 Å². The standard InChI is InChI=1S/C14H14ClNO3S/c1-2-19-14(18)11-7-12(17)16(13(11)20)8-9-3-5-10(15)6-4-9/h3-6,11H,2,7-8H2,1H3. The first-order valence-electron chi connectivity index (χ1n) is 6.28. The summed E-state index contributed by atoms with van der Waals surface area (Å²) in [6.07, 6.45) is 0.0885. The topological polar surface area (TPSA) is 46.6 Å². The number of carbonyl (C=O) groups excluding carboxylic acids is 2. The van der Waals surface area contributed by atoms with Crippen molar-refractivity contribution in [2.75, 3.05) is 6.61 Å². The Hall–Kier alpha value is -1.46. The molecule has 1 atom stereocenters. The predicted molar refractivity (Wildman–Crippen MR) is 79.3 cm³/mol. The molecule has 1 aromatic rings. The molecule has 1 unspecified atom stereocenters. The van der Waals surface area contributed by atoms with Crippen LogP contribution in [0.15, 0.2) is 24.3 Å². The van der Waals surface area contributed by atoms with Crippen molar-refractivity contribution >= 4 is 40.7 Å². The first kappa shape index (κ1) is 14.9. The largest absolute Gasteiger partial charge is 0.465 e. The average Bonchev–Trinajstić information content (AvgIpc) is 2.69. The van der Waals surface area contributed by atoms with Crippen LogP contribution in [0, 0.1) is 5.92 Å². The zero-order valence-corrected chi connectivity index (χ0v) is 12.5. The molecule has 0 spiro atoms. The Morgan fingerprint density at radius 2 is 2.10 bits per heavy atom. The molecule has 106 valence electrons. The van der Waals surface area contributed by atoms with Crippen LogP contribution in [-0.4, -0.2) is 28.4 Å². The molecule has 2 rings (SSSR count). The molecule has 6 heteroatoms. The van der Waals surface area contributed by atoms with Gasteiger partial charge in [0.05, 0.1) is 18.1 Å². The van der Waals surface area contributed by atoms with E-state index in [0.29, 0.717) is 16.6 Å². The van der Waals surface area contributed by atoms with Crippen molar-refractivity contribution in [3.05, 3.63) is 34.9 Å². The molecule has 0 N–H and O–H groups in total. The van der Waals surface area contributed by atoms with Crippen molar-refractivity contribution in [3.63, 3.8) is 0 Å². The number of likely N-dealkylation sites (tertiary alicyclic amines) is 1. The van der Waals surface area contributed by atoms with Gasteiger partial charge in [-0.3, -0.25) is 9.59 Å². The molecule has 0 radical (unpaired) electrons. The zero-order chi connectivity index (χ0) is 14.7. The molecule has 0 aromatic heterocycles. The fourth-order valence-electron chi connectivity index (χ4n) is 2.05. The van der Waals surface area contributed by atoms with Gasteiger partial charge < -0.3 is 9.64 Å². The number of esters is 1. The Kier molecular flexibility index (Phi) is 4.73. The van der Waals surface area contributed by atoms with Crippen molar-refractivity contribution in [1.82, 2.24) is 4.90 Å². The van der Waals surface area contributed by atoms with Crippen LogP contribution in [0.5, 0.6) is 0 Å². The SMILES string of the molecule is CCOC(=O)C1CC(=O)N(Cc2ccc(Cl)cc2)C1=S. The van der Waals surface area contributed by atoms with Gasteiger partial charge >= 0.3 is 5.97 Å². The van der Waals surface area contributed by atoms with E-state index in [2.05, 4.69) is 0 Å². The maximum Gasteiger partial charge on any atom is 0.316 e. The quantitative estimate of drug-likeness (QED) is 0.633. The molecule has 4 nitrogen and oxygen atoms in total. The first-order chi connectivity index (χ1) is 9.52. The smallest absolute Gasteiger partial charge is 0.316 e. The van der Waals surface area contributed by atoms with Gasteiger partial charge in [0.25, 0.3) is 0 Å². The summed E-state index contributed by atoms with van der Waals surface area (Å²) < 4.78 is 4.94. The number of carbonyl (C=O) groups is 2. The average molecular weight is 312 g/mol. The molecule has 1 aromatic carbocycles. The van der Waals surface area contributed by atoms with E-state index in [0.717, 1.165) is 5.56 Å². The molecular weight excluding hydrogens is 298 g/mol. The van der Waals surface area contributed by atoms with E-state index in [-0.39, 0.29) is 18.9 Å². The Bertz CT molecular complexity index is 544. The van der Waals surface area contributed by atoms with Crippen molar-refractivity contribution in [2.45, 2.75) is 19.9 Å². The summed E-state index contributed by atoms with van der Waals surface area (Å²) in [5.74, 6) is -1.21. The Balaban J connectivity index is 2.09. The van der Waals surface area contributed by atoms with Gasteiger partial charge in [0.15, 0.2) is 0 Å². The minimum atomic E-state index is -0.634. The molecule has 0 aliphatic carbocycles. The molecular formula is C14H14ClNO3S. The highest BCUT2D eigenvalue weighted by molar-refractivity contribution is 7.80. The van der Waals surface area contributed by atoms with E-state index in [9.17, 15) is 9.59 Å². The summed E-state index contributed by atoms with van der Waals surface area (Å²) in [7, 11) is 0. The van der Waals surface area contributed by atoms with Gasteiger partial charge in [-0.05, 0) is 24.6 Å². The highest BCUT2D eigenvalue weighted by Crippen LogP contribution is 2.24. The molecule has 0 bridgehead atoms. The molecule has 1 fully saturated rings. The number of benzene rings is 1. The molecule has 1 amide bonds. The second-order valence-electron chi connectivity index (χ2n) is 4.45. The van der Waals surface area contributed by atoms with Crippen molar-refractivity contribution in [1.29, 1.82) is 0 Å². The molecule has 0 saturated carbocycles. The number of rotatable bonds is 4. The van der Waals surface area contributed by atoms with Crippen LogP contribution in [0.25, 0.3) is 0 Å². The van der Waals surface area contributed by atoms with E-state index < -0.39 is 11.9 Å². The number of nitrogens with zero attached hydrogens (tertiary/aromatic N) is 1. The van der Waals surface area contributed by atoms with Crippen LogP contribution >= 0.6 is 23.8 Å². The summed E-state index contributed by atoms with van der Waals surface area (Å²) in [6, 6.07) is 7.17. The van der Waals surface area contributed by atoms with Gasteiger partial charge in [-0.2, -0.15) is 0 Å². The van der Waals surface area contributed by atoms with E-state index in [1.54, 1.807) is 19.1 Å². The zero-order valence-electron chi connectivity index (χ0n) is 11.0. The van der Waals surface area contributed by atoms with Crippen LogP contribution in [0.4, 0.5) is 0 Å². The van der Waals surface area contributed by atoms with E-state index in [1.807, 2.05) is 12.1 Å². The minimum absolute atomic E-state index is 0.0885. The predicted octanol–water partition coefficient (Wildman–Crippen LogP) is 2.58. The molecule has 1 saturated heterocycles. The lowest BCUT2D eigenvalue weighted by Crippen LogP contribution is -2.31. The first-order valence-corrected chi connectivity index (χ1v) is 7.06. The van der Waals surface area contributed by atoms with Crippen molar-refractivity contribution in [3.8, 4) is 0 Å². The van der Waals surface area contributed by atoms with Crippen LogP contribution in [-0.2, 0) is 20.9 Å². The Morgan fingerprint density at radius 3 is 2.70 bits per heavy atom. The molecule has 1 aliphatic heterocycles. The van der Waals surface area contributed by atoms with Gasteiger partial charge in [0, 0.05) is 11.4 Å². The fraction of sp³-hybridized carbons (Fsp3) is 0.357. The third kappa shape index (κ3) is 3.16. The minimum Gasteiger partial charge on any atom is -0.465 e. The summed E-state index contributed by atoms with van der Waals surface area (Å²) in [6.45, 7) is 2.36.